The molecule has 76 valence electrons. The normalized spacial score (nSPS) is 23.6. The van der Waals surface area contributed by atoms with Crippen molar-refractivity contribution in [2.75, 3.05) is 13.1 Å². The standard InChI is InChI=1S/C10H14N2OS/c1-8-2-5-12-10(6-8)14(13)9-3-4-11-7-9/h2,5-6,9,11H,3-4,7H2,1H3. The Labute approximate surface area is 86.4 Å². The van der Waals surface area contributed by atoms with Crippen molar-refractivity contribution in [3.05, 3.63) is 23.9 Å². The summed E-state index contributed by atoms with van der Waals surface area (Å²) in [5.41, 5.74) is 1.12. The average molecular weight is 210 g/mol. The van der Waals surface area contributed by atoms with E-state index in [0.29, 0.717) is 0 Å². The van der Waals surface area contributed by atoms with E-state index in [-0.39, 0.29) is 5.25 Å². The lowest BCUT2D eigenvalue weighted by Crippen LogP contribution is -2.19. The van der Waals surface area contributed by atoms with Gasteiger partial charge in [-0.25, -0.2) is 4.98 Å². The molecule has 2 rings (SSSR count). The SMILES string of the molecule is Cc1ccnc(S(=O)C2CCNC2)c1. The van der Waals surface area contributed by atoms with Crippen LogP contribution in [0.15, 0.2) is 23.4 Å². The minimum absolute atomic E-state index is 0.240. The Morgan fingerprint density at radius 1 is 1.64 bits per heavy atom. The molecule has 3 nitrogen and oxygen atoms in total. The largest absolute Gasteiger partial charge is 0.315 e. The molecule has 1 aromatic heterocycles. The second-order valence-electron chi connectivity index (χ2n) is 3.58. The van der Waals surface area contributed by atoms with Crippen LogP contribution in [0.1, 0.15) is 12.0 Å². The molecule has 2 atom stereocenters. The fourth-order valence-electron chi connectivity index (χ4n) is 1.60. The summed E-state index contributed by atoms with van der Waals surface area (Å²) in [4.78, 5) is 4.16. The number of hydrogen-bond acceptors (Lipinski definition) is 3. The van der Waals surface area contributed by atoms with Gasteiger partial charge in [0, 0.05) is 12.7 Å². The van der Waals surface area contributed by atoms with Crippen LogP contribution in [0.4, 0.5) is 0 Å². The summed E-state index contributed by atoms with van der Waals surface area (Å²) in [5, 5.41) is 4.18. The van der Waals surface area contributed by atoms with Crippen LogP contribution in [-0.4, -0.2) is 27.5 Å². The molecule has 2 unspecified atom stereocenters. The van der Waals surface area contributed by atoms with Crippen LogP contribution in [0, 0.1) is 6.92 Å². The lowest BCUT2D eigenvalue weighted by Gasteiger charge is -2.07. The van der Waals surface area contributed by atoms with Crippen LogP contribution in [0.25, 0.3) is 0 Å². The first-order valence-electron chi connectivity index (χ1n) is 4.81. The van der Waals surface area contributed by atoms with Crippen molar-refractivity contribution < 1.29 is 4.21 Å². The Kier molecular flexibility index (Phi) is 2.93. The minimum atomic E-state index is -0.943. The first-order chi connectivity index (χ1) is 6.77. The highest BCUT2D eigenvalue weighted by Gasteiger charge is 2.22. The molecule has 1 fully saturated rings. The average Bonchev–Trinajstić information content (AvgIpc) is 2.69. The molecular weight excluding hydrogens is 196 g/mol. The highest BCUT2D eigenvalue weighted by Crippen LogP contribution is 2.14. The van der Waals surface area contributed by atoms with E-state index in [0.717, 1.165) is 30.1 Å². The minimum Gasteiger partial charge on any atom is -0.315 e. The molecule has 2 heterocycles. The van der Waals surface area contributed by atoms with Crippen molar-refractivity contribution in [1.82, 2.24) is 10.3 Å². The van der Waals surface area contributed by atoms with Crippen molar-refractivity contribution >= 4 is 10.8 Å². The molecule has 14 heavy (non-hydrogen) atoms. The Bertz CT molecular complexity index is 348. The maximum atomic E-state index is 12.0. The topological polar surface area (TPSA) is 42.0 Å². The molecule has 1 N–H and O–H groups in total. The van der Waals surface area contributed by atoms with Crippen molar-refractivity contribution in [2.45, 2.75) is 23.6 Å². The van der Waals surface area contributed by atoms with Crippen molar-refractivity contribution in [3.8, 4) is 0 Å². The van der Waals surface area contributed by atoms with Gasteiger partial charge in [0.15, 0.2) is 0 Å². The molecule has 0 radical (unpaired) electrons. The number of nitrogens with zero attached hydrogens (tertiary/aromatic N) is 1. The lowest BCUT2D eigenvalue weighted by atomic mass is 10.3. The molecule has 1 aliphatic heterocycles. The number of pyridine rings is 1. The zero-order valence-electron chi connectivity index (χ0n) is 8.19. The molecule has 0 amide bonds. The van der Waals surface area contributed by atoms with Crippen LogP contribution in [0.5, 0.6) is 0 Å². The van der Waals surface area contributed by atoms with E-state index in [2.05, 4.69) is 10.3 Å². The number of rotatable bonds is 2. The third-order valence-electron chi connectivity index (χ3n) is 2.41. The monoisotopic (exact) mass is 210 g/mol. The molecule has 0 aromatic carbocycles. The van der Waals surface area contributed by atoms with Crippen LogP contribution in [-0.2, 0) is 10.8 Å². The fourth-order valence-corrected chi connectivity index (χ4v) is 3.01. The van der Waals surface area contributed by atoms with Crippen molar-refractivity contribution in [3.63, 3.8) is 0 Å². The highest BCUT2D eigenvalue weighted by molar-refractivity contribution is 7.85. The quantitative estimate of drug-likeness (QED) is 0.787. The van der Waals surface area contributed by atoms with Gasteiger partial charge in [-0.05, 0) is 37.6 Å². The second kappa shape index (κ2) is 4.19. The molecule has 0 saturated carbocycles. The molecule has 0 spiro atoms. The Morgan fingerprint density at radius 2 is 2.50 bits per heavy atom. The zero-order valence-corrected chi connectivity index (χ0v) is 9.01. The van der Waals surface area contributed by atoms with Gasteiger partial charge in [0.2, 0.25) is 0 Å². The van der Waals surface area contributed by atoms with Gasteiger partial charge in [0.05, 0.1) is 16.0 Å². The smallest absolute Gasteiger partial charge is 0.127 e. The molecular formula is C10H14N2OS. The predicted molar refractivity (Wildman–Crippen MR) is 56.7 cm³/mol. The number of aromatic nitrogens is 1. The third-order valence-corrected chi connectivity index (χ3v) is 4.06. The van der Waals surface area contributed by atoms with E-state index in [1.165, 1.54) is 0 Å². The summed E-state index contributed by atoms with van der Waals surface area (Å²) >= 11 is 0. The van der Waals surface area contributed by atoms with Crippen molar-refractivity contribution in [1.29, 1.82) is 0 Å². The maximum absolute atomic E-state index is 12.0. The van der Waals surface area contributed by atoms with Crippen LogP contribution >= 0.6 is 0 Å². The maximum Gasteiger partial charge on any atom is 0.127 e. The third kappa shape index (κ3) is 2.01. The van der Waals surface area contributed by atoms with Crippen LogP contribution < -0.4 is 5.32 Å². The second-order valence-corrected chi connectivity index (χ2v) is 5.26. The van der Waals surface area contributed by atoms with E-state index >= 15 is 0 Å². The Hall–Kier alpha value is -0.740. The van der Waals surface area contributed by atoms with E-state index in [1.807, 2.05) is 19.1 Å². The molecule has 0 aliphatic carbocycles. The molecule has 4 heteroatoms. The van der Waals surface area contributed by atoms with Gasteiger partial charge in [-0.2, -0.15) is 0 Å². The van der Waals surface area contributed by atoms with E-state index in [9.17, 15) is 4.21 Å². The summed E-state index contributed by atoms with van der Waals surface area (Å²) in [6.45, 7) is 3.82. The molecule has 1 aromatic rings. The molecule has 0 bridgehead atoms. The summed E-state index contributed by atoms with van der Waals surface area (Å²) in [6, 6.07) is 3.84. The van der Waals surface area contributed by atoms with Gasteiger partial charge in [0.25, 0.3) is 0 Å². The molecule has 1 saturated heterocycles. The van der Waals surface area contributed by atoms with E-state index in [4.69, 9.17) is 0 Å². The van der Waals surface area contributed by atoms with Gasteiger partial charge in [0.1, 0.15) is 5.03 Å². The van der Waals surface area contributed by atoms with E-state index < -0.39 is 10.8 Å². The molecule has 1 aliphatic rings. The number of aryl methyl sites for hydroxylation is 1. The summed E-state index contributed by atoms with van der Waals surface area (Å²) in [7, 11) is -0.943. The van der Waals surface area contributed by atoms with Gasteiger partial charge >= 0.3 is 0 Å². The summed E-state index contributed by atoms with van der Waals surface area (Å²) in [6.07, 6.45) is 2.72. The highest BCUT2D eigenvalue weighted by atomic mass is 32.2. The van der Waals surface area contributed by atoms with Gasteiger partial charge in [-0.1, -0.05) is 0 Å². The van der Waals surface area contributed by atoms with Crippen molar-refractivity contribution in [2.24, 2.45) is 0 Å². The van der Waals surface area contributed by atoms with Crippen LogP contribution in [0.2, 0.25) is 0 Å². The number of hydrogen-bond donors (Lipinski definition) is 1. The van der Waals surface area contributed by atoms with Gasteiger partial charge in [-0.15, -0.1) is 0 Å². The zero-order chi connectivity index (χ0) is 9.97. The Morgan fingerprint density at radius 3 is 3.14 bits per heavy atom. The van der Waals surface area contributed by atoms with Crippen LogP contribution in [0.3, 0.4) is 0 Å². The predicted octanol–water partition coefficient (Wildman–Crippen LogP) is 0.860. The Balaban J connectivity index is 2.17. The van der Waals surface area contributed by atoms with Gasteiger partial charge < -0.3 is 5.32 Å². The summed E-state index contributed by atoms with van der Waals surface area (Å²) < 4.78 is 12.0. The summed E-state index contributed by atoms with van der Waals surface area (Å²) in [5.74, 6) is 0. The van der Waals surface area contributed by atoms with Gasteiger partial charge in [-0.3, -0.25) is 4.21 Å². The van der Waals surface area contributed by atoms with E-state index in [1.54, 1.807) is 6.20 Å². The fraction of sp³-hybridized carbons (Fsp3) is 0.500. The first-order valence-corrected chi connectivity index (χ1v) is 6.02. The lowest BCUT2D eigenvalue weighted by molar-refractivity contribution is 0.669. The first kappa shape index (κ1) is 9.80. The number of nitrogens with one attached hydrogen (secondary N) is 1.